The van der Waals surface area contributed by atoms with E-state index < -0.39 is 26.7 Å². The molecule has 2 heterocycles. The van der Waals surface area contributed by atoms with Crippen molar-refractivity contribution in [3.05, 3.63) is 47.3 Å². The number of aromatic nitrogens is 2. The molecule has 0 spiro atoms. The number of ether oxygens (including phenoxy) is 1. The number of halogens is 3. The molecule has 1 N–H and O–H groups in total. The quantitative estimate of drug-likeness (QED) is 0.804. The summed E-state index contributed by atoms with van der Waals surface area (Å²) in [6.45, 7) is 3.94. The van der Waals surface area contributed by atoms with Gasteiger partial charge in [-0.05, 0) is 31.2 Å². The Morgan fingerprint density at radius 3 is 2.57 bits per heavy atom. The molecule has 1 fully saturated rings. The van der Waals surface area contributed by atoms with Gasteiger partial charge in [-0.1, -0.05) is 6.07 Å². The summed E-state index contributed by atoms with van der Waals surface area (Å²) in [4.78, 5) is 10.2. The summed E-state index contributed by atoms with van der Waals surface area (Å²) in [5.74, 6) is 0.469. The molecule has 0 bridgehead atoms. The average Bonchev–Trinajstić information content (AvgIpc) is 2.66. The van der Waals surface area contributed by atoms with Gasteiger partial charge < -0.3 is 9.64 Å². The SMILES string of the molecule is Cc1cc(CNS(=O)(=O)c2cccc(C(F)(F)F)c2)nc(N2CCOCC2)n1. The van der Waals surface area contributed by atoms with Gasteiger partial charge in [0.25, 0.3) is 0 Å². The second kappa shape index (κ2) is 8.02. The van der Waals surface area contributed by atoms with Gasteiger partial charge in [0.05, 0.1) is 35.9 Å². The molecule has 28 heavy (non-hydrogen) atoms. The number of sulfonamides is 1. The van der Waals surface area contributed by atoms with Crippen LogP contribution in [0.25, 0.3) is 0 Å². The Morgan fingerprint density at radius 1 is 1.18 bits per heavy atom. The fourth-order valence-electron chi connectivity index (χ4n) is 2.70. The van der Waals surface area contributed by atoms with Gasteiger partial charge in [0.1, 0.15) is 0 Å². The predicted octanol–water partition coefficient (Wildman–Crippen LogP) is 2.12. The number of hydrogen-bond acceptors (Lipinski definition) is 6. The normalized spacial score (nSPS) is 15.6. The van der Waals surface area contributed by atoms with Crippen LogP contribution in [-0.4, -0.2) is 44.7 Å². The first-order valence-electron chi connectivity index (χ1n) is 8.49. The zero-order valence-corrected chi connectivity index (χ0v) is 15.8. The Bertz CT molecular complexity index is 945. The van der Waals surface area contributed by atoms with Crippen LogP contribution in [0.15, 0.2) is 35.2 Å². The molecular formula is C17H19F3N4O3S. The fourth-order valence-corrected chi connectivity index (χ4v) is 3.75. The lowest BCUT2D eigenvalue weighted by molar-refractivity contribution is -0.137. The highest BCUT2D eigenvalue weighted by atomic mass is 32.2. The first kappa shape index (κ1) is 20.5. The monoisotopic (exact) mass is 416 g/mol. The molecule has 0 saturated carbocycles. The van der Waals surface area contributed by atoms with Crippen molar-refractivity contribution < 1.29 is 26.3 Å². The van der Waals surface area contributed by atoms with Gasteiger partial charge in [0.2, 0.25) is 16.0 Å². The molecule has 0 atom stereocenters. The third-order valence-corrected chi connectivity index (χ3v) is 5.50. The largest absolute Gasteiger partial charge is 0.416 e. The molecule has 0 amide bonds. The van der Waals surface area contributed by atoms with E-state index in [-0.39, 0.29) is 6.54 Å². The lowest BCUT2D eigenvalue weighted by atomic mass is 10.2. The Kier molecular flexibility index (Phi) is 5.87. The van der Waals surface area contributed by atoms with Crippen LogP contribution in [0.3, 0.4) is 0 Å². The molecule has 1 aromatic heterocycles. The number of rotatable bonds is 5. The summed E-state index contributed by atoms with van der Waals surface area (Å²) in [6.07, 6.45) is -4.62. The minimum atomic E-state index is -4.62. The lowest BCUT2D eigenvalue weighted by Crippen LogP contribution is -2.37. The van der Waals surface area contributed by atoms with E-state index in [9.17, 15) is 21.6 Å². The van der Waals surface area contributed by atoms with E-state index in [1.165, 1.54) is 0 Å². The molecule has 1 aliphatic rings. The maximum atomic E-state index is 12.8. The van der Waals surface area contributed by atoms with Crippen LogP contribution in [0.5, 0.6) is 0 Å². The van der Waals surface area contributed by atoms with Gasteiger partial charge in [-0.2, -0.15) is 13.2 Å². The molecule has 1 aromatic carbocycles. The van der Waals surface area contributed by atoms with E-state index >= 15 is 0 Å². The Hall–Kier alpha value is -2.24. The Balaban J connectivity index is 1.77. The molecule has 0 radical (unpaired) electrons. The van der Waals surface area contributed by atoms with E-state index in [1.54, 1.807) is 13.0 Å². The molecule has 2 aromatic rings. The number of morpholine rings is 1. The minimum Gasteiger partial charge on any atom is -0.378 e. The summed E-state index contributed by atoms with van der Waals surface area (Å²) in [6, 6.07) is 5.22. The standard InChI is InChI=1S/C17H19F3N4O3S/c1-12-9-14(23-16(22-12)24-5-7-27-8-6-24)11-21-28(25,26)15-4-2-3-13(10-15)17(18,19)20/h2-4,9-10,21H,5-8,11H2,1H3. The summed E-state index contributed by atoms with van der Waals surface area (Å²) < 4.78 is 70.9. The van der Waals surface area contributed by atoms with Crippen molar-refractivity contribution in [2.24, 2.45) is 0 Å². The van der Waals surface area contributed by atoms with Gasteiger partial charge in [-0.3, -0.25) is 0 Å². The van der Waals surface area contributed by atoms with Crippen LogP contribution >= 0.6 is 0 Å². The van der Waals surface area contributed by atoms with Crippen molar-refractivity contribution in [1.82, 2.24) is 14.7 Å². The lowest BCUT2D eigenvalue weighted by Gasteiger charge is -2.27. The molecule has 0 aliphatic carbocycles. The second-order valence-corrected chi connectivity index (χ2v) is 8.02. The second-order valence-electron chi connectivity index (χ2n) is 6.25. The van der Waals surface area contributed by atoms with Crippen molar-refractivity contribution in [2.75, 3.05) is 31.2 Å². The highest BCUT2D eigenvalue weighted by Gasteiger charge is 2.31. The zero-order chi connectivity index (χ0) is 20.4. The van der Waals surface area contributed by atoms with Gasteiger partial charge in [0, 0.05) is 18.8 Å². The summed E-state index contributed by atoms with van der Waals surface area (Å²) in [5, 5.41) is 0. The van der Waals surface area contributed by atoms with Crippen LogP contribution < -0.4 is 9.62 Å². The van der Waals surface area contributed by atoms with Gasteiger partial charge in [-0.25, -0.2) is 23.1 Å². The average molecular weight is 416 g/mol. The number of hydrogen-bond donors (Lipinski definition) is 1. The minimum absolute atomic E-state index is 0.167. The van der Waals surface area contributed by atoms with Crippen molar-refractivity contribution in [2.45, 2.75) is 24.5 Å². The third kappa shape index (κ3) is 4.97. The first-order chi connectivity index (χ1) is 13.1. The number of nitrogens with zero attached hydrogens (tertiary/aromatic N) is 3. The van der Waals surface area contributed by atoms with Crippen molar-refractivity contribution in [3.63, 3.8) is 0 Å². The molecule has 152 valence electrons. The summed E-state index contributed by atoms with van der Waals surface area (Å²) in [5.41, 5.74) is 0.0529. The van der Waals surface area contributed by atoms with Crippen molar-refractivity contribution in [1.29, 1.82) is 0 Å². The Labute approximate surface area is 160 Å². The first-order valence-corrected chi connectivity index (χ1v) is 9.98. The highest BCUT2D eigenvalue weighted by Crippen LogP contribution is 2.30. The predicted molar refractivity (Wildman–Crippen MR) is 95.3 cm³/mol. The number of aryl methyl sites for hydroxylation is 1. The van der Waals surface area contributed by atoms with E-state index in [2.05, 4.69) is 14.7 Å². The topological polar surface area (TPSA) is 84.4 Å². The van der Waals surface area contributed by atoms with Crippen molar-refractivity contribution >= 4 is 16.0 Å². The molecule has 3 rings (SSSR count). The Morgan fingerprint density at radius 2 is 1.89 bits per heavy atom. The number of alkyl halides is 3. The maximum absolute atomic E-state index is 12.8. The number of anilines is 1. The van der Waals surface area contributed by atoms with Crippen molar-refractivity contribution in [3.8, 4) is 0 Å². The van der Waals surface area contributed by atoms with Gasteiger partial charge in [-0.15, -0.1) is 0 Å². The van der Waals surface area contributed by atoms with Gasteiger partial charge in [0.15, 0.2) is 0 Å². The van der Waals surface area contributed by atoms with Gasteiger partial charge >= 0.3 is 6.18 Å². The molecule has 11 heteroatoms. The molecule has 7 nitrogen and oxygen atoms in total. The molecule has 0 unspecified atom stereocenters. The van der Waals surface area contributed by atoms with E-state index in [1.807, 2.05) is 4.90 Å². The van der Waals surface area contributed by atoms with E-state index in [0.717, 1.165) is 18.2 Å². The third-order valence-electron chi connectivity index (χ3n) is 4.10. The molecule has 1 aliphatic heterocycles. The molecule has 1 saturated heterocycles. The van der Waals surface area contributed by atoms with Crippen LogP contribution in [0.4, 0.5) is 19.1 Å². The summed E-state index contributed by atoms with van der Waals surface area (Å²) >= 11 is 0. The maximum Gasteiger partial charge on any atom is 0.416 e. The smallest absolute Gasteiger partial charge is 0.378 e. The summed E-state index contributed by atoms with van der Waals surface area (Å²) in [7, 11) is -4.14. The highest BCUT2D eigenvalue weighted by molar-refractivity contribution is 7.89. The van der Waals surface area contributed by atoms with E-state index in [0.29, 0.717) is 49.7 Å². The fraction of sp³-hybridized carbons (Fsp3) is 0.412. The zero-order valence-electron chi connectivity index (χ0n) is 15.0. The van der Waals surface area contributed by atoms with Crippen LogP contribution in [-0.2, 0) is 27.5 Å². The molecular weight excluding hydrogens is 397 g/mol. The van der Waals surface area contributed by atoms with Crippen LogP contribution in [0, 0.1) is 6.92 Å². The van der Waals surface area contributed by atoms with Crippen LogP contribution in [0.1, 0.15) is 17.0 Å². The van der Waals surface area contributed by atoms with E-state index in [4.69, 9.17) is 4.74 Å². The number of nitrogens with one attached hydrogen (secondary N) is 1. The van der Waals surface area contributed by atoms with Crippen LogP contribution in [0.2, 0.25) is 0 Å². The number of benzene rings is 1.